The van der Waals surface area contributed by atoms with Crippen LogP contribution in [0.2, 0.25) is 0 Å². The van der Waals surface area contributed by atoms with Crippen LogP contribution in [0.25, 0.3) is 0 Å². The zero-order valence-corrected chi connectivity index (χ0v) is 15.4. The number of carbonyl (C=O) groups excluding carboxylic acids is 1. The van der Waals surface area contributed by atoms with Gasteiger partial charge in [-0.15, -0.1) is 0 Å². The monoisotopic (exact) mass is 349 g/mol. The molecular formula is C17H27N5OS. The summed E-state index contributed by atoms with van der Waals surface area (Å²) in [5, 5.41) is 3.16. The first-order valence-electron chi connectivity index (χ1n) is 8.83. The molecule has 24 heavy (non-hydrogen) atoms. The predicted molar refractivity (Wildman–Crippen MR) is 99.8 cm³/mol. The maximum absolute atomic E-state index is 12.0. The van der Waals surface area contributed by atoms with Crippen LogP contribution in [0.5, 0.6) is 0 Å². The number of rotatable bonds is 4. The van der Waals surface area contributed by atoms with Gasteiger partial charge in [0.1, 0.15) is 18.0 Å². The van der Waals surface area contributed by atoms with Crippen molar-refractivity contribution >= 4 is 29.3 Å². The van der Waals surface area contributed by atoms with Crippen molar-refractivity contribution in [2.24, 2.45) is 5.92 Å². The normalized spacial score (nSPS) is 21.9. The molecule has 1 aromatic rings. The van der Waals surface area contributed by atoms with Crippen LogP contribution in [-0.2, 0) is 4.79 Å². The van der Waals surface area contributed by atoms with Crippen molar-refractivity contribution in [3.05, 3.63) is 12.4 Å². The number of nitrogens with zero attached hydrogens (tertiary/aromatic N) is 4. The van der Waals surface area contributed by atoms with Gasteiger partial charge in [0.25, 0.3) is 0 Å². The van der Waals surface area contributed by atoms with Crippen LogP contribution in [0.1, 0.15) is 26.7 Å². The highest BCUT2D eigenvalue weighted by Crippen LogP contribution is 2.23. The van der Waals surface area contributed by atoms with Crippen molar-refractivity contribution in [3.8, 4) is 0 Å². The fraction of sp³-hybridized carbons (Fsp3) is 0.706. The van der Waals surface area contributed by atoms with Crippen molar-refractivity contribution in [1.82, 2.24) is 15.3 Å². The molecular weight excluding hydrogens is 322 g/mol. The van der Waals surface area contributed by atoms with Crippen molar-refractivity contribution in [2.75, 3.05) is 47.5 Å². The highest BCUT2D eigenvalue weighted by Gasteiger charge is 2.24. The molecule has 3 heterocycles. The van der Waals surface area contributed by atoms with E-state index in [0.29, 0.717) is 0 Å². The molecule has 0 aliphatic carbocycles. The average molecular weight is 350 g/mol. The minimum absolute atomic E-state index is 0.0306. The lowest BCUT2D eigenvalue weighted by Gasteiger charge is -2.35. The van der Waals surface area contributed by atoms with Gasteiger partial charge >= 0.3 is 0 Å². The van der Waals surface area contributed by atoms with Gasteiger partial charge in [-0.25, -0.2) is 9.97 Å². The van der Waals surface area contributed by atoms with Gasteiger partial charge in [-0.3, -0.25) is 4.79 Å². The average Bonchev–Trinajstić information content (AvgIpc) is 2.63. The lowest BCUT2D eigenvalue weighted by Crippen LogP contribution is -2.49. The number of aromatic nitrogens is 2. The highest BCUT2D eigenvalue weighted by molar-refractivity contribution is 7.99. The van der Waals surface area contributed by atoms with E-state index in [9.17, 15) is 4.79 Å². The van der Waals surface area contributed by atoms with Gasteiger partial charge in [-0.2, -0.15) is 11.8 Å². The Balaban J connectivity index is 1.66. The second-order valence-electron chi connectivity index (χ2n) is 6.78. The Bertz CT molecular complexity index is 562. The maximum Gasteiger partial charge on any atom is 0.222 e. The number of hydrogen-bond donors (Lipinski definition) is 1. The van der Waals surface area contributed by atoms with Crippen molar-refractivity contribution in [2.45, 2.75) is 32.7 Å². The summed E-state index contributed by atoms with van der Waals surface area (Å²) in [7, 11) is 0. The third-order valence-corrected chi connectivity index (χ3v) is 5.53. The van der Waals surface area contributed by atoms with Crippen LogP contribution in [-0.4, -0.2) is 59.6 Å². The molecule has 0 radical (unpaired) electrons. The molecule has 1 N–H and O–H groups in total. The van der Waals surface area contributed by atoms with Crippen LogP contribution in [0.4, 0.5) is 11.6 Å². The number of anilines is 2. The van der Waals surface area contributed by atoms with E-state index >= 15 is 0 Å². The van der Waals surface area contributed by atoms with E-state index in [1.807, 2.05) is 25.6 Å². The fourth-order valence-electron chi connectivity index (χ4n) is 3.15. The van der Waals surface area contributed by atoms with Crippen molar-refractivity contribution in [3.63, 3.8) is 0 Å². The van der Waals surface area contributed by atoms with E-state index in [2.05, 4.69) is 31.2 Å². The minimum Gasteiger partial charge on any atom is -0.355 e. The summed E-state index contributed by atoms with van der Waals surface area (Å²) < 4.78 is 0. The molecule has 2 aliphatic heterocycles. The molecule has 0 bridgehead atoms. The molecule has 132 valence electrons. The molecule has 1 atom stereocenters. The van der Waals surface area contributed by atoms with Crippen LogP contribution in [0.15, 0.2) is 12.4 Å². The van der Waals surface area contributed by atoms with Gasteiger partial charge in [-0.1, -0.05) is 13.8 Å². The molecule has 0 saturated carbocycles. The van der Waals surface area contributed by atoms with Gasteiger partial charge in [-0.05, 0) is 12.8 Å². The Hall–Kier alpha value is -1.50. The lowest BCUT2D eigenvalue weighted by atomic mass is 10.0. The largest absolute Gasteiger partial charge is 0.355 e. The highest BCUT2D eigenvalue weighted by atomic mass is 32.2. The molecule has 3 rings (SSSR count). The maximum atomic E-state index is 12.0. The summed E-state index contributed by atoms with van der Waals surface area (Å²) in [6.07, 6.45) is 3.78. The molecule has 2 saturated heterocycles. The third-order valence-electron chi connectivity index (χ3n) is 4.59. The van der Waals surface area contributed by atoms with Gasteiger partial charge in [0.05, 0.1) is 0 Å². The summed E-state index contributed by atoms with van der Waals surface area (Å²) >= 11 is 2.00. The van der Waals surface area contributed by atoms with E-state index < -0.39 is 0 Å². The standard InChI is InChI=1S/C17H27N5OS/c1-13(2)17(23)20-14-4-3-5-22(11-14)16-10-15(18-12-19-16)21-6-8-24-9-7-21/h10,12-14H,3-9,11H2,1-2H3,(H,20,23). The number of carbonyl (C=O) groups is 1. The topological polar surface area (TPSA) is 61.4 Å². The molecule has 1 aromatic heterocycles. The van der Waals surface area contributed by atoms with Crippen molar-refractivity contribution in [1.29, 1.82) is 0 Å². The number of nitrogens with one attached hydrogen (secondary N) is 1. The van der Waals surface area contributed by atoms with Gasteiger partial charge in [0.2, 0.25) is 5.91 Å². The summed E-state index contributed by atoms with van der Waals surface area (Å²) in [5.41, 5.74) is 0. The SMILES string of the molecule is CC(C)C(=O)NC1CCCN(c2cc(N3CCSCC3)ncn2)C1. The van der Waals surface area contributed by atoms with Crippen LogP contribution >= 0.6 is 11.8 Å². The van der Waals surface area contributed by atoms with Crippen LogP contribution in [0.3, 0.4) is 0 Å². The Kier molecular flexibility index (Phi) is 5.81. The smallest absolute Gasteiger partial charge is 0.222 e. The Labute approximate surface area is 148 Å². The zero-order valence-electron chi connectivity index (χ0n) is 14.6. The first kappa shape index (κ1) is 17.3. The first-order chi connectivity index (χ1) is 11.6. The number of amides is 1. The Morgan fingerprint density at radius 2 is 1.92 bits per heavy atom. The number of hydrogen-bond acceptors (Lipinski definition) is 6. The Morgan fingerprint density at radius 1 is 1.21 bits per heavy atom. The van der Waals surface area contributed by atoms with Crippen LogP contribution in [0, 0.1) is 5.92 Å². The fourth-order valence-corrected chi connectivity index (χ4v) is 4.05. The molecule has 2 fully saturated rings. The summed E-state index contributed by atoms with van der Waals surface area (Å²) in [6.45, 7) is 7.78. The molecule has 1 amide bonds. The van der Waals surface area contributed by atoms with E-state index in [1.165, 1.54) is 0 Å². The van der Waals surface area contributed by atoms with Crippen molar-refractivity contribution < 1.29 is 4.79 Å². The third kappa shape index (κ3) is 4.32. The molecule has 0 spiro atoms. The van der Waals surface area contributed by atoms with Gasteiger partial charge in [0.15, 0.2) is 0 Å². The molecule has 0 aromatic carbocycles. The van der Waals surface area contributed by atoms with Crippen LogP contribution < -0.4 is 15.1 Å². The summed E-state index contributed by atoms with van der Waals surface area (Å²) in [6, 6.07) is 2.31. The second-order valence-corrected chi connectivity index (χ2v) is 8.01. The molecule has 1 unspecified atom stereocenters. The van der Waals surface area contributed by atoms with E-state index in [0.717, 1.165) is 62.2 Å². The quantitative estimate of drug-likeness (QED) is 0.894. The van der Waals surface area contributed by atoms with E-state index in [-0.39, 0.29) is 17.9 Å². The Morgan fingerprint density at radius 3 is 2.62 bits per heavy atom. The molecule has 6 nitrogen and oxygen atoms in total. The lowest BCUT2D eigenvalue weighted by molar-refractivity contribution is -0.124. The summed E-state index contributed by atoms with van der Waals surface area (Å²) in [5.74, 6) is 4.48. The predicted octanol–water partition coefficient (Wildman–Crippen LogP) is 1.77. The summed E-state index contributed by atoms with van der Waals surface area (Å²) in [4.78, 5) is 25.5. The minimum atomic E-state index is 0.0306. The molecule has 7 heteroatoms. The zero-order chi connectivity index (χ0) is 16.9. The van der Waals surface area contributed by atoms with E-state index in [4.69, 9.17) is 0 Å². The van der Waals surface area contributed by atoms with E-state index in [1.54, 1.807) is 6.33 Å². The second kappa shape index (κ2) is 8.05. The van der Waals surface area contributed by atoms with Gasteiger partial charge < -0.3 is 15.1 Å². The number of piperidine rings is 1. The molecule has 2 aliphatic rings. The number of thioether (sulfide) groups is 1. The van der Waals surface area contributed by atoms with Gasteiger partial charge in [0, 0.05) is 55.7 Å². The first-order valence-corrected chi connectivity index (χ1v) is 9.99.